The van der Waals surface area contributed by atoms with E-state index in [1.807, 2.05) is 48.5 Å². The Hall–Kier alpha value is -3.74. The molecule has 0 N–H and O–H groups in total. The summed E-state index contributed by atoms with van der Waals surface area (Å²) < 4.78 is 1.15. The maximum Gasteiger partial charge on any atom is 0.124 e. The van der Waals surface area contributed by atoms with Crippen molar-refractivity contribution in [2.75, 3.05) is 0 Å². The summed E-state index contributed by atoms with van der Waals surface area (Å²) in [5.74, 6) is 0. The first-order valence-electron chi connectivity index (χ1n) is 9.37. The molecule has 1 aromatic heterocycles. The first kappa shape index (κ1) is 17.4. The Balaban J connectivity index is 1.57. The van der Waals surface area contributed by atoms with E-state index >= 15 is 0 Å². The van der Waals surface area contributed by atoms with E-state index in [1.165, 1.54) is 11.1 Å². The molecule has 4 aromatic carbocycles. The molecule has 29 heavy (non-hydrogen) atoms. The van der Waals surface area contributed by atoms with Crippen LogP contribution < -0.4 is 0 Å². The van der Waals surface area contributed by atoms with Gasteiger partial charge in [-0.15, -0.1) is 11.3 Å². The zero-order valence-electron chi connectivity index (χ0n) is 15.5. The molecule has 0 radical (unpaired) electrons. The molecule has 1 heterocycles. The fraction of sp³-hybridized carbons (Fsp3) is 0. The third-order valence-corrected chi connectivity index (χ3v) is 6.01. The third-order valence-electron chi connectivity index (χ3n) is 4.93. The Morgan fingerprint density at radius 1 is 0.621 bits per heavy atom. The second kappa shape index (κ2) is 7.35. The predicted molar refractivity (Wildman–Crippen MR) is 121 cm³/mol. The van der Waals surface area contributed by atoms with Crippen LogP contribution in [0.2, 0.25) is 0 Å². The van der Waals surface area contributed by atoms with E-state index < -0.39 is 0 Å². The average Bonchev–Trinajstić information content (AvgIpc) is 3.24. The number of para-hydroxylation sites is 1. The Morgan fingerprint density at radius 3 is 1.97 bits per heavy atom. The van der Waals surface area contributed by atoms with Crippen molar-refractivity contribution in [1.82, 2.24) is 4.98 Å². The van der Waals surface area contributed by atoms with Crippen molar-refractivity contribution in [3.63, 3.8) is 0 Å². The minimum absolute atomic E-state index is 0.642. The zero-order valence-corrected chi connectivity index (χ0v) is 16.4. The Labute approximate surface area is 173 Å². The van der Waals surface area contributed by atoms with Crippen LogP contribution in [0.25, 0.3) is 43.0 Å². The fourth-order valence-electron chi connectivity index (χ4n) is 3.46. The molecule has 0 aliphatic carbocycles. The van der Waals surface area contributed by atoms with Gasteiger partial charge in [0.1, 0.15) is 5.01 Å². The molecule has 0 spiro atoms. The molecule has 0 aliphatic heterocycles. The molecule has 5 rings (SSSR count). The van der Waals surface area contributed by atoms with Gasteiger partial charge in [-0.2, -0.15) is 5.26 Å². The topological polar surface area (TPSA) is 36.7 Å². The standard InChI is InChI=1S/C26H16N2S/c27-17-18-14-22(21-12-10-20(11-13-21)19-6-2-1-3-7-19)16-23(15-18)26-28-24-8-4-5-9-25(24)29-26/h1-16H. The smallest absolute Gasteiger partial charge is 0.124 e. The minimum Gasteiger partial charge on any atom is -0.236 e. The summed E-state index contributed by atoms with van der Waals surface area (Å²) in [4.78, 5) is 4.76. The van der Waals surface area contributed by atoms with Crippen molar-refractivity contribution in [2.24, 2.45) is 0 Å². The van der Waals surface area contributed by atoms with Crippen LogP contribution in [0.4, 0.5) is 0 Å². The Morgan fingerprint density at radius 2 is 1.24 bits per heavy atom. The molecular weight excluding hydrogens is 372 g/mol. The molecule has 0 amide bonds. The van der Waals surface area contributed by atoms with Gasteiger partial charge < -0.3 is 0 Å². The number of thiazole rings is 1. The molecular formula is C26H16N2S. The average molecular weight is 388 g/mol. The SMILES string of the molecule is N#Cc1cc(-c2ccc(-c3ccccc3)cc2)cc(-c2nc3ccccc3s2)c1. The van der Waals surface area contributed by atoms with Gasteiger partial charge >= 0.3 is 0 Å². The van der Waals surface area contributed by atoms with Gasteiger partial charge in [-0.05, 0) is 52.6 Å². The number of hydrogen-bond donors (Lipinski definition) is 0. The predicted octanol–water partition coefficient (Wildman–Crippen LogP) is 7.17. The van der Waals surface area contributed by atoms with Gasteiger partial charge in [0, 0.05) is 5.56 Å². The molecule has 0 unspecified atom stereocenters. The summed E-state index contributed by atoms with van der Waals surface area (Å²) in [6.07, 6.45) is 0. The highest BCUT2D eigenvalue weighted by atomic mass is 32.1. The van der Waals surface area contributed by atoms with Gasteiger partial charge in [0.2, 0.25) is 0 Å². The molecule has 0 aliphatic rings. The molecule has 2 nitrogen and oxygen atoms in total. The van der Waals surface area contributed by atoms with Crippen LogP contribution in [-0.2, 0) is 0 Å². The maximum absolute atomic E-state index is 9.55. The van der Waals surface area contributed by atoms with Crippen LogP contribution in [0, 0.1) is 11.3 Å². The van der Waals surface area contributed by atoms with Crippen LogP contribution >= 0.6 is 11.3 Å². The summed E-state index contributed by atoms with van der Waals surface area (Å²) in [5.41, 5.74) is 7.10. The lowest BCUT2D eigenvalue weighted by molar-refractivity contribution is 1.45. The van der Waals surface area contributed by atoms with Crippen molar-refractivity contribution >= 4 is 21.6 Å². The number of aromatic nitrogens is 1. The summed E-state index contributed by atoms with van der Waals surface area (Å²) in [5, 5.41) is 10.5. The highest BCUT2D eigenvalue weighted by Gasteiger charge is 2.10. The zero-order chi connectivity index (χ0) is 19.6. The van der Waals surface area contributed by atoms with Gasteiger partial charge in [-0.1, -0.05) is 66.7 Å². The van der Waals surface area contributed by atoms with Crippen LogP contribution in [-0.4, -0.2) is 4.98 Å². The quantitative estimate of drug-likeness (QED) is 0.328. The molecule has 0 atom stereocenters. The van der Waals surface area contributed by atoms with Gasteiger partial charge in [0.15, 0.2) is 0 Å². The van der Waals surface area contributed by atoms with Crippen LogP contribution in [0.15, 0.2) is 97.1 Å². The van der Waals surface area contributed by atoms with Gasteiger partial charge in [0.05, 0.1) is 21.8 Å². The van der Waals surface area contributed by atoms with E-state index in [9.17, 15) is 5.26 Å². The van der Waals surface area contributed by atoms with Crippen molar-refractivity contribution in [3.05, 3.63) is 103 Å². The normalized spacial score (nSPS) is 10.7. The second-order valence-corrected chi connectivity index (χ2v) is 7.87. The summed E-state index contributed by atoms with van der Waals surface area (Å²) in [7, 11) is 0. The minimum atomic E-state index is 0.642. The third kappa shape index (κ3) is 3.42. The summed E-state index contributed by atoms with van der Waals surface area (Å²) in [6.45, 7) is 0. The maximum atomic E-state index is 9.55. The first-order chi connectivity index (χ1) is 14.3. The van der Waals surface area contributed by atoms with Gasteiger partial charge in [-0.3, -0.25) is 0 Å². The molecule has 0 fully saturated rings. The lowest BCUT2D eigenvalue weighted by Gasteiger charge is -2.07. The molecule has 0 saturated carbocycles. The number of benzene rings is 4. The van der Waals surface area contributed by atoms with Crippen LogP contribution in [0.1, 0.15) is 5.56 Å². The van der Waals surface area contributed by atoms with Crippen molar-refractivity contribution in [1.29, 1.82) is 5.26 Å². The number of nitrogens with zero attached hydrogens (tertiary/aromatic N) is 2. The second-order valence-electron chi connectivity index (χ2n) is 6.84. The van der Waals surface area contributed by atoms with Crippen molar-refractivity contribution in [2.45, 2.75) is 0 Å². The van der Waals surface area contributed by atoms with E-state index in [2.05, 4.69) is 54.6 Å². The van der Waals surface area contributed by atoms with E-state index in [4.69, 9.17) is 4.98 Å². The lowest BCUT2D eigenvalue weighted by Crippen LogP contribution is -1.85. The largest absolute Gasteiger partial charge is 0.236 e. The van der Waals surface area contributed by atoms with E-state index in [1.54, 1.807) is 11.3 Å². The Kier molecular flexibility index (Phi) is 4.40. The Bertz CT molecular complexity index is 1310. The molecule has 136 valence electrons. The van der Waals surface area contributed by atoms with E-state index in [-0.39, 0.29) is 0 Å². The van der Waals surface area contributed by atoms with Gasteiger partial charge in [-0.25, -0.2) is 4.98 Å². The molecule has 3 heteroatoms. The molecule has 0 bridgehead atoms. The van der Waals surface area contributed by atoms with Crippen LogP contribution in [0.5, 0.6) is 0 Å². The molecule has 5 aromatic rings. The highest BCUT2D eigenvalue weighted by molar-refractivity contribution is 7.21. The van der Waals surface area contributed by atoms with Crippen LogP contribution in [0.3, 0.4) is 0 Å². The number of rotatable bonds is 3. The number of hydrogen-bond acceptors (Lipinski definition) is 3. The monoisotopic (exact) mass is 388 g/mol. The fourth-order valence-corrected chi connectivity index (χ4v) is 4.42. The van der Waals surface area contributed by atoms with Gasteiger partial charge in [0.25, 0.3) is 0 Å². The number of nitriles is 1. The van der Waals surface area contributed by atoms with E-state index in [0.717, 1.165) is 31.9 Å². The lowest BCUT2D eigenvalue weighted by atomic mass is 9.97. The first-order valence-corrected chi connectivity index (χ1v) is 10.2. The van der Waals surface area contributed by atoms with Crippen molar-refractivity contribution < 1.29 is 0 Å². The highest BCUT2D eigenvalue weighted by Crippen LogP contribution is 2.34. The summed E-state index contributed by atoms with van der Waals surface area (Å²) >= 11 is 1.65. The van der Waals surface area contributed by atoms with Crippen molar-refractivity contribution in [3.8, 4) is 38.9 Å². The number of fused-ring (bicyclic) bond motifs is 1. The van der Waals surface area contributed by atoms with E-state index in [0.29, 0.717) is 5.56 Å². The summed E-state index contributed by atoms with van der Waals surface area (Å²) in [6, 6.07) is 35.2. The molecule has 0 saturated heterocycles.